The summed E-state index contributed by atoms with van der Waals surface area (Å²) in [6, 6.07) is 12.5. The molecule has 106 valence electrons. The lowest BCUT2D eigenvalue weighted by atomic mass is 10.1. The van der Waals surface area contributed by atoms with Gasteiger partial charge < -0.3 is 4.74 Å². The van der Waals surface area contributed by atoms with Crippen LogP contribution in [0.4, 0.5) is 8.78 Å². The maximum atomic E-state index is 13.7. The van der Waals surface area contributed by atoms with Gasteiger partial charge in [-0.2, -0.15) is 5.10 Å². The van der Waals surface area contributed by atoms with E-state index in [0.29, 0.717) is 5.69 Å². The Bertz CT molecular complexity index is 766. The highest BCUT2D eigenvalue weighted by atomic mass is 19.1. The van der Waals surface area contributed by atoms with Crippen LogP contribution in [-0.4, -0.2) is 17.3 Å². The Morgan fingerprint density at radius 1 is 1.00 bits per heavy atom. The number of hydrogen-bond donors (Lipinski definition) is 1. The van der Waals surface area contributed by atoms with E-state index in [9.17, 15) is 8.78 Å². The summed E-state index contributed by atoms with van der Waals surface area (Å²) in [5, 5.41) is 6.93. The smallest absolute Gasteiger partial charge is 0.135 e. The molecule has 0 aliphatic heterocycles. The molecule has 0 fully saturated rings. The topological polar surface area (TPSA) is 37.9 Å². The number of methoxy groups -OCH3 is 1. The van der Waals surface area contributed by atoms with Crippen LogP contribution >= 0.6 is 0 Å². The van der Waals surface area contributed by atoms with Crippen molar-refractivity contribution >= 4 is 0 Å². The highest BCUT2D eigenvalue weighted by Gasteiger charge is 2.11. The zero-order valence-electron chi connectivity index (χ0n) is 11.2. The van der Waals surface area contributed by atoms with Crippen molar-refractivity contribution in [1.82, 2.24) is 10.2 Å². The average Bonchev–Trinajstić information content (AvgIpc) is 2.97. The van der Waals surface area contributed by atoms with Gasteiger partial charge in [-0.25, -0.2) is 8.78 Å². The van der Waals surface area contributed by atoms with Gasteiger partial charge in [0.05, 0.1) is 18.5 Å². The minimum Gasteiger partial charge on any atom is -0.497 e. The second-order valence-corrected chi connectivity index (χ2v) is 4.52. The number of halogens is 2. The first-order valence-corrected chi connectivity index (χ1v) is 6.32. The molecule has 0 radical (unpaired) electrons. The van der Waals surface area contributed by atoms with Crippen LogP contribution in [0.1, 0.15) is 0 Å². The number of hydrogen-bond acceptors (Lipinski definition) is 2. The number of rotatable bonds is 3. The molecule has 3 nitrogen and oxygen atoms in total. The van der Waals surface area contributed by atoms with Gasteiger partial charge in [0.2, 0.25) is 0 Å². The number of ether oxygens (including phenoxy) is 1. The predicted octanol–water partition coefficient (Wildman–Crippen LogP) is 4.03. The standard InChI is InChI=1S/C16H12F2N2O/c1-21-12-5-2-10(3-6-12)15-9-16(20-19-15)13-7-4-11(17)8-14(13)18/h2-9H,1H3,(H,19,20). The minimum absolute atomic E-state index is 0.257. The first-order valence-electron chi connectivity index (χ1n) is 6.32. The molecule has 0 bridgehead atoms. The third kappa shape index (κ3) is 2.63. The summed E-state index contributed by atoms with van der Waals surface area (Å²) in [5.74, 6) is -0.493. The van der Waals surface area contributed by atoms with Crippen LogP contribution in [0.2, 0.25) is 0 Å². The third-order valence-electron chi connectivity index (χ3n) is 3.19. The van der Waals surface area contributed by atoms with E-state index in [1.165, 1.54) is 12.1 Å². The van der Waals surface area contributed by atoms with Crippen LogP contribution in [-0.2, 0) is 0 Å². The van der Waals surface area contributed by atoms with E-state index in [1.54, 1.807) is 13.2 Å². The van der Waals surface area contributed by atoms with Gasteiger partial charge in [0.25, 0.3) is 0 Å². The molecule has 0 unspecified atom stereocenters. The Labute approximate surface area is 120 Å². The molecule has 1 heterocycles. The highest BCUT2D eigenvalue weighted by Crippen LogP contribution is 2.27. The fourth-order valence-electron chi connectivity index (χ4n) is 2.08. The fourth-order valence-corrected chi connectivity index (χ4v) is 2.08. The van der Waals surface area contributed by atoms with Gasteiger partial charge in [-0.05, 0) is 48.0 Å². The fraction of sp³-hybridized carbons (Fsp3) is 0.0625. The second kappa shape index (κ2) is 5.36. The van der Waals surface area contributed by atoms with Crippen molar-refractivity contribution in [2.75, 3.05) is 7.11 Å². The van der Waals surface area contributed by atoms with E-state index >= 15 is 0 Å². The molecular formula is C16H12F2N2O. The van der Waals surface area contributed by atoms with Crippen LogP contribution in [0.3, 0.4) is 0 Å². The van der Waals surface area contributed by atoms with Crippen molar-refractivity contribution in [3.63, 3.8) is 0 Å². The molecule has 1 N–H and O–H groups in total. The lowest BCUT2D eigenvalue weighted by Crippen LogP contribution is -1.86. The molecule has 21 heavy (non-hydrogen) atoms. The van der Waals surface area contributed by atoms with Gasteiger partial charge >= 0.3 is 0 Å². The Kier molecular flexibility index (Phi) is 3.39. The number of H-pyrrole nitrogens is 1. The molecule has 3 aromatic rings. The zero-order chi connectivity index (χ0) is 14.8. The maximum Gasteiger partial charge on any atom is 0.135 e. The van der Waals surface area contributed by atoms with Gasteiger partial charge in [-0.3, -0.25) is 5.10 Å². The highest BCUT2D eigenvalue weighted by molar-refractivity contribution is 5.68. The van der Waals surface area contributed by atoms with Crippen molar-refractivity contribution < 1.29 is 13.5 Å². The van der Waals surface area contributed by atoms with E-state index < -0.39 is 11.6 Å². The van der Waals surface area contributed by atoms with Gasteiger partial charge in [-0.15, -0.1) is 0 Å². The van der Waals surface area contributed by atoms with Gasteiger partial charge in [0.15, 0.2) is 0 Å². The van der Waals surface area contributed by atoms with Crippen LogP contribution in [0, 0.1) is 11.6 Å². The molecule has 2 aromatic carbocycles. The molecule has 0 aliphatic carbocycles. The number of nitrogens with zero attached hydrogens (tertiary/aromatic N) is 1. The van der Waals surface area contributed by atoms with Crippen LogP contribution in [0.5, 0.6) is 5.75 Å². The minimum atomic E-state index is -0.636. The van der Waals surface area contributed by atoms with Crippen LogP contribution in [0.15, 0.2) is 48.5 Å². The first kappa shape index (κ1) is 13.3. The average molecular weight is 286 g/mol. The Balaban J connectivity index is 1.95. The van der Waals surface area contributed by atoms with Crippen molar-refractivity contribution in [1.29, 1.82) is 0 Å². The normalized spacial score (nSPS) is 10.6. The van der Waals surface area contributed by atoms with E-state index in [4.69, 9.17) is 4.74 Å². The van der Waals surface area contributed by atoms with E-state index in [-0.39, 0.29) is 5.56 Å². The first-order chi connectivity index (χ1) is 10.2. The summed E-state index contributed by atoms with van der Waals surface area (Å²) in [6.07, 6.45) is 0. The Morgan fingerprint density at radius 2 is 1.76 bits per heavy atom. The molecule has 3 rings (SSSR count). The van der Waals surface area contributed by atoms with Gasteiger partial charge in [0, 0.05) is 11.6 Å². The number of aromatic nitrogens is 2. The van der Waals surface area contributed by atoms with E-state index in [0.717, 1.165) is 23.1 Å². The molecule has 0 amide bonds. The second-order valence-electron chi connectivity index (χ2n) is 4.52. The van der Waals surface area contributed by atoms with Crippen molar-refractivity contribution in [2.24, 2.45) is 0 Å². The van der Waals surface area contributed by atoms with Gasteiger partial charge in [-0.1, -0.05) is 0 Å². The summed E-state index contributed by atoms with van der Waals surface area (Å²) in [5.41, 5.74) is 2.33. The molecule has 5 heteroatoms. The van der Waals surface area contributed by atoms with Crippen molar-refractivity contribution in [3.05, 3.63) is 60.2 Å². The number of nitrogens with one attached hydrogen (secondary N) is 1. The van der Waals surface area contributed by atoms with Crippen molar-refractivity contribution in [2.45, 2.75) is 0 Å². The predicted molar refractivity (Wildman–Crippen MR) is 75.9 cm³/mol. The molecule has 0 atom stereocenters. The molecule has 0 saturated heterocycles. The van der Waals surface area contributed by atoms with Gasteiger partial charge in [0.1, 0.15) is 17.4 Å². The molecule has 0 saturated carbocycles. The quantitative estimate of drug-likeness (QED) is 0.789. The van der Waals surface area contributed by atoms with Crippen LogP contribution < -0.4 is 4.74 Å². The van der Waals surface area contributed by atoms with E-state index in [1.807, 2.05) is 24.3 Å². The SMILES string of the molecule is COc1ccc(-c2cc(-c3ccc(F)cc3F)n[nH]2)cc1. The number of benzene rings is 2. The maximum absolute atomic E-state index is 13.7. The summed E-state index contributed by atoms with van der Waals surface area (Å²) < 4.78 is 31.8. The molecule has 1 aromatic heterocycles. The summed E-state index contributed by atoms with van der Waals surface area (Å²) in [6.45, 7) is 0. The number of aromatic amines is 1. The molecule has 0 aliphatic rings. The molecule has 0 spiro atoms. The zero-order valence-corrected chi connectivity index (χ0v) is 11.2. The van der Waals surface area contributed by atoms with E-state index in [2.05, 4.69) is 10.2 Å². The lowest BCUT2D eigenvalue weighted by Gasteiger charge is -2.00. The lowest BCUT2D eigenvalue weighted by molar-refractivity contribution is 0.415. The van der Waals surface area contributed by atoms with Crippen LogP contribution in [0.25, 0.3) is 22.5 Å². The van der Waals surface area contributed by atoms with Crippen molar-refractivity contribution in [3.8, 4) is 28.3 Å². The monoisotopic (exact) mass is 286 g/mol. The molecular weight excluding hydrogens is 274 g/mol. The third-order valence-corrected chi connectivity index (χ3v) is 3.19. The summed E-state index contributed by atoms with van der Waals surface area (Å²) in [7, 11) is 1.60. The summed E-state index contributed by atoms with van der Waals surface area (Å²) >= 11 is 0. The largest absolute Gasteiger partial charge is 0.497 e. The Hall–Kier alpha value is -2.69. The Morgan fingerprint density at radius 3 is 2.43 bits per heavy atom. The summed E-state index contributed by atoms with van der Waals surface area (Å²) in [4.78, 5) is 0.